The second-order valence-corrected chi connectivity index (χ2v) is 24.0. The van der Waals surface area contributed by atoms with E-state index in [1.165, 1.54) is 0 Å². The molecule has 0 unspecified atom stereocenters. The Morgan fingerprint density at radius 2 is 1.03 bits per heavy atom. The summed E-state index contributed by atoms with van der Waals surface area (Å²) in [5.74, 6) is -0.677. The highest BCUT2D eigenvalue weighted by Crippen LogP contribution is 2.77. The van der Waals surface area contributed by atoms with Gasteiger partial charge in [0.15, 0.2) is 18.9 Å². The van der Waals surface area contributed by atoms with E-state index in [2.05, 4.69) is 34.6 Å². The number of aliphatic hydroxyl groups is 13. The number of hydrogen-bond donors (Lipinski definition) is 13. The first-order valence-electron chi connectivity index (χ1n) is 24.9. The lowest BCUT2D eigenvalue weighted by Gasteiger charge is -2.71. The molecule has 0 amide bonds. The van der Waals surface area contributed by atoms with Crippen molar-refractivity contribution in [1.82, 2.24) is 0 Å². The van der Waals surface area contributed by atoms with Crippen molar-refractivity contribution >= 4 is 0 Å². The first-order chi connectivity index (χ1) is 31.6. The van der Waals surface area contributed by atoms with Crippen LogP contribution < -0.4 is 0 Å². The van der Waals surface area contributed by atoms with Crippen LogP contribution >= 0.6 is 0 Å². The Kier molecular flexibility index (Phi) is 14.6. The average Bonchev–Trinajstić information content (AvgIpc) is 3.85. The second-order valence-electron chi connectivity index (χ2n) is 24.0. The molecule has 0 spiro atoms. The van der Waals surface area contributed by atoms with Crippen LogP contribution in [0.5, 0.6) is 0 Å². The summed E-state index contributed by atoms with van der Waals surface area (Å²) in [6.45, 7) is 14.6. The van der Waals surface area contributed by atoms with E-state index < -0.39 is 169 Å². The molecule has 4 saturated carbocycles. The number of rotatable bonds is 11. The number of aliphatic hydroxyl groups excluding tert-OH is 12. The molecule has 4 heterocycles. The van der Waals surface area contributed by atoms with Crippen LogP contribution in [0, 0.1) is 39.4 Å². The molecule has 0 aromatic heterocycles. The van der Waals surface area contributed by atoms with Gasteiger partial charge < -0.3 is 99.5 Å². The van der Waals surface area contributed by atoms with Gasteiger partial charge in [-0.25, -0.2) is 0 Å². The maximum absolute atomic E-state index is 13.7. The zero-order chi connectivity index (χ0) is 50.1. The van der Waals surface area contributed by atoms with Gasteiger partial charge in [0, 0.05) is 5.92 Å². The molecular formula is C48H82O20. The summed E-state index contributed by atoms with van der Waals surface area (Å²) >= 11 is 0. The summed E-state index contributed by atoms with van der Waals surface area (Å²) < 4.78 is 44.3. The Morgan fingerprint density at radius 3 is 1.56 bits per heavy atom. The largest absolute Gasteiger partial charge is 0.394 e. The van der Waals surface area contributed by atoms with Crippen molar-refractivity contribution in [2.24, 2.45) is 39.4 Å². The van der Waals surface area contributed by atoms with Crippen LogP contribution in [0.15, 0.2) is 0 Å². The summed E-state index contributed by atoms with van der Waals surface area (Å²) in [5.41, 5.74) is -5.94. The highest BCUT2D eigenvalue weighted by molar-refractivity contribution is 5.25. The smallest absolute Gasteiger partial charge is 0.187 e. The number of fused-ring (bicyclic) bond motifs is 5. The van der Waals surface area contributed by atoms with Crippen molar-refractivity contribution in [3.05, 3.63) is 0 Å². The van der Waals surface area contributed by atoms with Crippen molar-refractivity contribution in [1.29, 1.82) is 0 Å². The van der Waals surface area contributed by atoms with E-state index in [1.807, 2.05) is 6.92 Å². The van der Waals surface area contributed by atoms with Gasteiger partial charge in [-0.05, 0) is 112 Å². The van der Waals surface area contributed by atoms with Gasteiger partial charge in [-0.1, -0.05) is 34.6 Å². The van der Waals surface area contributed by atoms with E-state index in [1.54, 1.807) is 13.8 Å². The third-order valence-electron chi connectivity index (χ3n) is 19.9. The molecular weight excluding hydrogens is 897 g/mol. The summed E-state index contributed by atoms with van der Waals surface area (Å²) in [7, 11) is 0. The fraction of sp³-hybridized carbons (Fsp3) is 1.00. The minimum atomic E-state index is -1.70. The summed E-state index contributed by atoms with van der Waals surface area (Å²) in [5, 5.41) is 140. The van der Waals surface area contributed by atoms with Crippen LogP contribution in [0.4, 0.5) is 0 Å². The molecule has 394 valence electrons. The summed E-state index contributed by atoms with van der Waals surface area (Å²) in [6.07, 6.45) is -19.4. The van der Waals surface area contributed by atoms with E-state index in [0.717, 1.165) is 12.8 Å². The number of hydrogen-bond acceptors (Lipinski definition) is 20. The van der Waals surface area contributed by atoms with E-state index in [9.17, 15) is 66.4 Å². The van der Waals surface area contributed by atoms with E-state index in [-0.39, 0.29) is 17.3 Å². The lowest BCUT2D eigenvalue weighted by atomic mass is 9.35. The van der Waals surface area contributed by atoms with Gasteiger partial charge in [0.25, 0.3) is 0 Å². The predicted molar refractivity (Wildman–Crippen MR) is 235 cm³/mol. The van der Waals surface area contributed by atoms with Crippen LogP contribution in [0.3, 0.4) is 0 Å². The highest BCUT2D eigenvalue weighted by atomic mass is 16.7. The van der Waals surface area contributed by atoms with Gasteiger partial charge in [-0.2, -0.15) is 0 Å². The van der Waals surface area contributed by atoms with Gasteiger partial charge in [0.05, 0.1) is 54.9 Å². The lowest BCUT2D eigenvalue weighted by Crippen LogP contribution is -2.71. The maximum atomic E-state index is 13.7. The van der Waals surface area contributed by atoms with Crippen LogP contribution in [0.25, 0.3) is 0 Å². The Hall–Kier alpha value is -0.800. The molecule has 4 aliphatic carbocycles. The molecule has 8 rings (SSSR count). The average molecular weight is 979 g/mol. The molecule has 8 fully saturated rings. The van der Waals surface area contributed by atoms with E-state index >= 15 is 0 Å². The first kappa shape index (κ1) is 53.5. The second kappa shape index (κ2) is 18.5. The van der Waals surface area contributed by atoms with Crippen LogP contribution in [0.1, 0.15) is 113 Å². The van der Waals surface area contributed by atoms with Crippen LogP contribution in [-0.2, 0) is 33.2 Å². The molecule has 13 N–H and O–H groups in total. The number of ether oxygens (including phenoxy) is 7. The topological polar surface area (TPSA) is 328 Å². The third kappa shape index (κ3) is 8.10. The fourth-order valence-electron chi connectivity index (χ4n) is 15.6. The molecule has 20 heteroatoms. The van der Waals surface area contributed by atoms with Crippen LogP contribution in [0.2, 0.25) is 0 Å². The molecule has 68 heavy (non-hydrogen) atoms. The molecule has 26 atom stereocenters. The van der Waals surface area contributed by atoms with E-state index in [4.69, 9.17) is 33.2 Å². The lowest BCUT2D eigenvalue weighted by molar-refractivity contribution is -0.351. The summed E-state index contributed by atoms with van der Waals surface area (Å²) in [4.78, 5) is 0. The molecule has 0 aromatic carbocycles. The van der Waals surface area contributed by atoms with Crippen molar-refractivity contribution in [2.75, 3.05) is 19.8 Å². The van der Waals surface area contributed by atoms with Crippen LogP contribution in [-0.4, -0.2) is 213 Å². The Morgan fingerprint density at radius 1 is 0.529 bits per heavy atom. The predicted octanol–water partition coefficient (Wildman–Crippen LogP) is -1.70. The minimum absolute atomic E-state index is 0.0347. The monoisotopic (exact) mass is 979 g/mol. The minimum Gasteiger partial charge on any atom is -0.394 e. The van der Waals surface area contributed by atoms with Crippen molar-refractivity contribution in [3.63, 3.8) is 0 Å². The zero-order valence-electron chi connectivity index (χ0n) is 40.8. The molecule has 0 bridgehead atoms. The van der Waals surface area contributed by atoms with Gasteiger partial charge >= 0.3 is 0 Å². The molecule has 8 aliphatic rings. The normalized spacial score (nSPS) is 56.2. The quantitative estimate of drug-likeness (QED) is 0.103. The molecule has 0 radical (unpaired) electrons. The first-order valence-corrected chi connectivity index (χ1v) is 24.9. The van der Waals surface area contributed by atoms with Crippen molar-refractivity contribution in [2.45, 2.75) is 240 Å². The van der Waals surface area contributed by atoms with Gasteiger partial charge in [-0.15, -0.1) is 0 Å². The van der Waals surface area contributed by atoms with Gasteiger partial charge in [0.1, 0.15) is 73.2 Å². The highest BCUT2D eigenvalue weighted by Gasteiger charge is 2.77. The Balaban J connectivity index is 1.10. The standard InChI is InChI=1S/C48H82O20/c1-42(2)25-9-13-45(6)26(44(25,5)12-10-27(42)66-40-36(59)33(56)30(53)23(19-50)64-40)17-21(62-39-35(58)32(55)29(52)22(18-49)63-39)38-46(45,7)15-16-48(38,61)47(8)14-11-28(67-47)43(3,4)68-41-37(60)34(57)31(54)24(20-51)65-41/h21-41,49-61H,9-20H2,1-8H3/t21-,22-,23-,24-,25+,26-,27-,28-,29-,30-,31-,32+,33+,34+,35-,36-,37-,38+,39-,40+,41+,44+,45-,46-,47+,48-/m1/s1. The Bertz CT molecular complexity index is 1770. The fourth-order valence-corrected chi connectivity index (χ4v) is 15.6. The SMILES string of the molecule is CC(C)(O[C@@H]1O[C@H](CO)[C@@H](O)[C@H](O)[C@H]1O)[C@H]1CC[C@@](C)([C@@]2(O)CC[C@]3(C)[C@@H]2[C@H](O[C@@H]2O[C@H](CO)[C@@H](O)[C@H](O)[C@H]2O)C[C@@H]2[C@@]4(C)CC[C@@H](O[C@@H]5O[C@H](CO)[C@@H](O)[C@H](O)[C@H]5O)C(C)(C)[C@@H]4CC[C@]23C)O1. The molecule has 4 saturated heterocycles. The summed E-state index contributed by atoms with van der Waals surface area (Å²) in [6, 6.07) is 0. The molecule has 0 aromatic rings. The molecule has 4 aliphatic heterocycles. The van der Waals surface area contributed by atoms with Crippen molar-refractivity contribution in [3.8, 4) is 0 Å². The van der Waals surface area contributed by atoms with Crippen molar-refractivity contribution < 1.29 is 99.5 Å². The Labute approximate surface area is 398 Å². The molecule has 20 nitrogen and oxygen atoms in total. The van der Waals surface area contributed by atoms with E-state index in [0.29, 0.717) is 44.9 Å². The zero-order valence-corrected chi connectivity index (χ0v) is 40.8. The maximum Gasteiger partial charge on any atom is 0.187 e. The third-order valence-corrected chi connectivity index (χ3v) is 19.9. The van der Waals surface area contributed by atoms with Gasteiger partial charge in [-0.3, -0.25) is 0 Å². The van der Waals surface area contributed by atoms with Gasteiger partial charge in [0.2, 0.25) is 0 Å².